The highest BCUT2D eigenvalue weighted by atomic mass is 32.2. The Morgan fingerprint density at radius 2 is 1.88 bits per heavy atom. The van der Waals surface area contributed by atoms with Gasteiger partial charge in [-0.1, -0.05) is 12.2 Å². The monoisotopic (exact) mass is 253 g/mol. The lowest BCUT2D eigenvalue weighted by Crippen LogP contribution is -2.07. The van der Waals surface area contributed by atoms with Crippen molar-refractivity contribution in [2.45, 2.75) is 18.7 Å². The van der Waals surface area contributed by atoms with Crippen LogP contribution in [0.15, 0.2) is 41.3 Å². The van der Waals surface area contributed by atoms with Gasteiger partial charge in [0.15, 0.2) is 9.84 Å². The highest BCUT2D eigenvalue weighted by Gasteiger charge is 2.11. The van der Waals surface area contributed by atoms with Crippen LogP contribution in [0.4, 0.5) is 5.69 Å². The molecule has 0 unspecified atom stereocenters. The molecule has 17 heavy (non-hydrogen) atoms. The normalized spacial score (nSPS) is 11.6. The number of hydrogen-bond donors (Lipinski definition) is 1. The van der Waals surface area contributed by atoms with Gasteiger partial charge in [0.1, 0.15) is 0 Å². The van der Waals surface area contributed by atoms with E-state index in [-0.39, 0.29) is 16.6 Å². The van der Waals surface area contributed by atoms with Crippen molar-refractivity contribution in [1.29, 1.82) is 0 Å². The summed E-state index contributed by atoms with van der Waals surface area (Å²) in [6.45, 7) is 3.17. The van der Waals surface area contributed by atoms with Gasteiger partial charge in [-0.05, 0) is 31.2 Å². The lowest BCUT2D eigenvalue weighted by Gasteiger charge is -2.04. The Hall–Kier alpha value is -1.62. The van der Waals surface area contributed by atoms with Crippen molar-refractivity contribution in [3.63, 3.8) is 0 Å². The summed E-state index contributed by atoms with van der Waals surface area (Å²) in [6, 6.07) is 6.13. The molecule has 1 aromatic carbocycles. The van der Waals surface area contributed by atoms with Crippen LogP contribution in [-0.4, -0.2) is 20.1 Å². The van der Waals surface area contributed by atoms with Crippen molar-refractivity contribution in [3.8, 4) is 0 Å². The summed E-state index contributed by atoms with van der Waals surface area (Å²) >= 11 is 0. The predicted molar refractivity (Wildman–Crippen MR) is 67.6 cm³/mol. The van der Waals surface area contributed by atoms with E-state index in [1.54, 1.807) is 31.2 Å². The third-order valence-electron chi connectivity index (χ3n) is 2.09. The van der Waals surface area contributed by atoms with Crippen LogP contribution in [0.2, 0.25) is 0 Å². The summed E-state index contributed by atoms with van der Waals surface area (Å²) in [4.78, 5) is 11.1. The second-order valence-electron chi connectivity index (χ2n) is 3.56. The second kappa shape index (κ2) is 5.63. The number of rotatable bonds is 4. The van der Waals surface area contributed by atoms with Crippen molar-refractivity contribution in [2.24, 2.45) is 0 Å². The van der Waals surface area contributed by atoms with E-state index in [1.807, 2.05) is 0 Å². The van der Waals surface area contributed by atoms with Crippen LogP contribution in [0.5, 0.6) is 0 Å². The van der Waals surface area contributed by atoms with E-state index in [4.69, 9.17) is 0 Å². The van der Waals surface area contributed by atoms with Gasteiger partial charge in [0, 0.05) is 12.6 Å². The van der Waals surface area contributed by atoms with E-state index in [1.165, 1.54) is 19.1 Å². The Labute approximate surface area is 101 Å². The first-order valence-corrected chi connectivity index (χ1v) is 6.82. The van der Waals surface area contributed by atoms with E-state index in [9.17, 15) is 13.2 Å². The van der Waals surface area contributed by atoms with Gasteiger partial charge in [-0.25, -0.2) is 8.42 Å². The second-order valence-corrected chi connectivity index (χ2v) is 5.59. The summed E-state index contributed by atoms with van der Waals surface area (Å²) in [5.74, 6) is -0.197. The van der Waals surface area contributed by atoms with Crippen molar-refractivity contribution in [1.82, 2.24) is 0 Å². The molecule has 0 spiro atoms. The molecular weight excluding hydrogens is 238 g/mol. The van der Waals surface area contributed by atoms with Gasteiger partial charge in [0.05, 0.1) is 10.6 Å². The number of carbonyl (C=O) groups is 1. The zero-order chi connectivity index (χ0) is 12.9. The molecule has 0 bridgehead atoms. The zero-order valence-corrected chi connectivity index (χ0v) is 10.6. The van der Waals surface area contributed by atoms with Gasteiger partial charge in [-0.3, -0.25) is 4.79 Å². The van der Waals surface area contributed by atoms with Crippen LogP contribution in [0.3, 0.4) is 0 Å². The Kier molecular flexibility index (Phi) is 4.45. The Balaban J connectivity index is 2.90. The zero-order valence-electron chi connectivity index (χ0n) is 9.80. The summed E-state index contributed by atoms with van der Waals surface area (Å²) in [7, 11) is -3.27. The van der Waals surface area contributed by atoms with Crippen molar-refractivity contribution in [2.75, 3.05) is 11.1 Å². The third kappa shape index (κ3) is 4.03. The van der Waals surface area contributed by atoms with Crippen molar-refractivity contribution in [3.05, 3.63) is 36.4 Å². The number of carbonyl (C=O) groups excluding carboxylic acids is 1. The van der Waals surface area contributed by atoms with Crippen LogP contribution in [0.25, 0.3) is 0 Å². The molecule has 1 N–H and O–H groups in total. The molecule has 0 fully saturated rings. The molecule has 0 aliphatic heterocycles. The Bertz CT molecular complexity index is 515. The molecule has 0 atom stereocenters. The molecule has 0 heterocycles. The van der Waals surface area contributed by atoms with Gasteiger partial charge >= 0.3 is 0 Å². The van der Waals surface area contributed by atoms with E-state index in [2.05, 4.69) is 5.32 Å². The summed E-state index contributed by atoms with van der Waals surface area (Å²) in [5.41, 5.74) is 0.586. The quantitative estimate of drug-likeness (QED) is 0.835. The fourth-order valence-corrected chi connectivity index (χ4v) is 2.46. The molecule has 5 heteroatoms. The van der Waals surface area contributed by atoms with Crippen LogP contribution in [0.1, 0.15) is 13.8 Å². The minimum atomic E-state index is -3.27. The van der Waals surface area contributed by atoms with Gasteiger partial charge in [-0.2, -0.15) is 0 Å². The molecule has 0 saturated carbocycles. The van der Waals surface area contributed by atoms with Crippen LogP contribution < -0.4 is 5.32 Å². The molecule has 1 aromatic rings. The van der Waals surface area contributed by atoms with Crippen LogP contribution >= 0.6 is 0 Å². The minimum absolute atomic E-state index is 0.0109. The number of nitrogens with one attached hydrogen (secondary N) is 1. The maximum atomic E-state index is 11.8. The average Bonchev–Trinajstić information content (AvgIpc) is 2.26. The molecule has 4 nitrogen and oxygen atoms in total. The van der Waals surface area contributed by atoms with Gasteiger partial charge < -0.3 is 5.32 Å². The summed E-state index contributed by atoms with van der Waals surface area (Å²) < 4.78 is 23.6. The van der Waals surface area contributed by atoms with Gasteiger partial charge in [-0.15, -0.1) is 0 Å². The van der Waals surface area contributed by atoms with Crippen LogP contribution in [-0.2, 0) is 14.6 Å². The van der Waals surface area contributed by atoms with Crippen molar-refractivity contribution < 1.29 is 13.2 Å². The fourth-order valence-electron chi connectivity index (χ4n) is 1.27. The standard InChI is InChI=1S/C12H15NO3S/c1-3-4-9-17(15,16)12-7-5-11(6-8-12)13-10(2)14/h3-8H,9H2,1-2H3,(H,13,14)/b4-3+. The van der Waals surface area contributed by atoms with E-state index in [0.717, 1.165) is 0 Å². The number of sulfone groups is 1. The van der Waals surface area contributed by atoms with Crippen LogP contribution in [0, 0.1) is 0 Å². The number of amides is 1. The predicted octanol–water partition coefficient (Wildman–Crippen LogP) is 1.99. The summed E-state index contributed by atoms with van der Waals surface area (Å²) in [6.07, 6.45) is 3.29. The first kappa shape index (κ1) is 13.4. The molecule has 0 aliphatic carbocycles. The van der Waals surface area contributed by atoms with Crippen molar-refractivity contribution >= 4 is 21.4 Å². The molecule has 0 aromatic heterocycles. The average molecular weight is 253 g/mol. The highest BCUT2D eigenvalue weighted by Crippen LogP contribution is 2.15. The molecular formula is C12H15NO3S. The van der Waals surface area contributed by atoms with Gasteiger partial charge in [0.2, 0.25) is 5.91 Å². The SMILES string of the molecule is C/C=C/CS(=O)(=O)c1ccc(NC(C)=O)cc1. The first-order valence-electron chi connectivity index (χ1n) is 5.17. The molecule has 0 radical (unpaired) electrons. The number of benzene rings is 1. The fraction of sp³-hybridized carbons (Fsp3) is 0.250. The number of anilines is 1. The maximum absolute atomic E-state index is 11.8. The molecule has 92 valence electrons. The lowest BCUT2D eigenvalue weighted by molar-refractivity contribution is -0.114. The third-order valence-corrected chi connectivity index (χ3v) is 3.71. The molecule has 0 aliphatic rings. The largest absolute Gasteiger partial charge is 0.326 e. The van der Waals surface area contributed by atoms with E-state index in [0.29, 0.717) is 5.69 Å². The topological polar surface area (TPSA) is 63.2 Å². The molecule has 1 amide bonds. The maximum Gasteiger partial charge on any atom is 0.221 e. The van der Waals surface area contributed by atoms with E-state index >= 15 is 0 Å². The summed E-state index contributed by atoms with van der Waals surface area (Å²) in [5, 5.41) is 2.58. The lowest BCUT2D eigenvalue weighted by atomic mass is 10.3. The number of allylic oxidation sites excluding steroid dienone is 1. The minimum Gasteiger partial charge on any atom is -0.326 e. The van der Waals surface area contributed by atoms with E-state index < -0.39 is 9.84 Å². The van der Waals surface area contributed by atoms with Gasteiger partial charge in [0.25, 0.3) is 0 Å². The Morgan fingerprint density at radius 1 is 1.29 bits per heavy atom. The number of hydrogen-bond acceptors (Lipinski definition) is 3. The molecule has 0 saturated heterocycles. The Morgan fingerprint density at radius 3 is 2.35 bits per heavy atom. The smallest absolute Gasteiger partial charge is 0.221 e. The molecule has 1 rings (SSSR count). The first-order chi connectivity index (χ1) is 7.95. The highest BCUT2D eigenvalue weighted by molar-refractivity contribution is 7.91.